The fourth-order valence-corrected chi connectivity index (χ4v) is 2.63. The molecular formula is C14H28O2. The van der Waals surface area contributed by atoms with Gasteiger partial charge in [0, 0.05) is 6.61 Å². The second-order valence-corrected chi connectivity index (χ2v) is 5.15. The summed E-state index contributed by atoms with van der Waals surface area (Å²) in [5.74, 6) is 0.782. The van der Waals surface area contributed by atoms with E-state index in [0.717, 1.165) is 31.8 Å². The van der Waals surface area contributed by atoms with Crippen LogP contribution in [0.4, 0.5) is 0 Å². The van der Waals surface area contributed by atoms with E-state index in [0.29, 0.717) is 0 Å². The first kappa shape index (κ1) is 14.0. The number of ether oxygens (including phenoxy) is 1. The molecule has 0 aromatic rings. The first-order valence-electron chi connectivity index (χ1n) is 7.07. The van der Waals surface area contributed by atoms with Crippen LogP contribution in [0.3, 0.4) is 0 Å². The maximum atomic E-state index is 9.89. The topological polar surface area (TPSA) is 29.5 Å². The quantitative estimate of drug-likeness (QED) is 0.676. The molecule has 2 nitrogen and oxygen atoms in total. The summed E-state index contributed by atoms with van der Waals surface area (Å²) in [6.45, 7) is 5.27. The van der Waals surface area contributed by atoms with E-state index in [1.54, 1.807) is 0 Å². The Morgan fingerprint density at radius 3 is 2.62 bits per heavy atom. The molecule has 0 amide bonds. The summed E-state index contributed by atoms with van der Waals surface area (Å²) in [7, 11) is 0. The van der Waals surface area contributed by atoms with Crippen LogP contribution in [0.15, 0.2) is 0 Å². The van der Waals surface area contributed by atoms with Crippen molar-refractivity contribution in [2.45, 2.75) is 77.4 Å². The predicted octanol–water partition coefficient (Wildman–Crippen LogP) is 3.52. The summed E-state index contributed by atoms with van der Waals surface area (Å²) in [5, 5.41) is 9.89. The van der Waals surface area contributed by atoms with Gasteiger partial charge in [-0.1, -0.05) is 39.5 Å². The molecule has 2 heteroatoms. The maximum Gasteiger partial charge on any atom is 0.0836 e. The van der Waals surface area contributed by atoms with Gasteiger partial charge in [-0.3, -0.25) is 0 Å². The molecular weight excluding hydrogens is 200 g/mol. The number of aliphatic hydroxyl groups is 1. The minimum atomic E-state index is -0.213. The Labute approximate surface area is 100 Å². The molecule has 96 valence electrons. The highest BCUT2D eigenvalue weighted by Crippen LogP contribution is 2.29. The molecule has 0 aromatic heterocycles. The van der Waals surface area contributed by atoms with E-state index in [1.165, 1.54) is 32.1 Å². The standard InChI is InChI=1S/C14H28O2/c1-3-5-6-10-16-14-11-12(7-4-2)8-9-13(14)15/h12-15H,3-11H2,1-2H3. The lowest BCUT2D eigenvalue weighted by atomic mass is 9.83. The Bertz CT molecular complexity index is 170. The van der Waals surface area contributed by atoms with Crippen molar-refractivity contribution in [1.82, 2.24) is 0 Å². The average Bonchev–Trinajstić information content (AvgIpc) is 2.29. The number of hydrogen-bond acceptors (Lipinski definition) is 2. The lowest BCUT2D eigenvalue weighted by molar-refractivity contribution is -0.0728. The lowest BCUT2D eigenvalue weighted by Crippen LogP contribution is -2.36. The summed E-state index contributed by atoms with van der Waals surface area (Å²) in [5.41, 5.74) is 0. The number of hydrogen-bond donors (Lipinski definition) is 1. The molecule has 1 fully saturated rings. The van der Waals surface area contributed by atoms with Gasteiger partial charge in [0.05, 0.1) is 12.2 Å². The Morgan fingerprint density at radius 2 is 1.94 bits per heavy atom. The minimum absolute atomic E-state index is 0.113. The molecule has 1 N–H and O–H groups in total. The van der Waals surface area contributed by atoms with Crippen molar-refractivity contribution in [3.8, 4) is 0 Å². The van der Waals surface area contributed by atoms with Gasteiger partial charge >= 0.3 is 0 Å². The molecule has 0 spiro atoms. The molecule has 0 aromatic carbocycles. The zero-order valence-corrected chi connectivity index (χ0v) is 11.0. The van der Waals surface area contributed by atoms with Crippen LogP contribution < -0.4 is 0 Å². The van der Waals surface area contributed by atoms with Gasteiger partial charge in [-0.15, -0.1) is 0 Å². The maximum absolute atomic E-state index is 9.89. The van der Waals surface area contributed by atoms with Gasteiger partial charge in [0.2, 0.25) is 0 Å². The van der Waals surface area contributed by atoms with Crippen molar-refractivity contribution < 1.29 is 9.84 Å². The first-order chi connectivity index (χ1) is 7.77. The summed E-state index contributed by atoms with van der Waals surface area (Å²) < 4.78 is 5.82. The van der Waals surface area contributed by atoms with Crippen LogP contribution in [0.5, 0.6) is 0 Å². The highest BCUT2D eigenvalue weighted by molar-refractivity contribution is 4.80. The predicted molar refractivity (Wildman–Crippen MR) is 67.5 cm³/mol. The van der Waals surface area contributed by atoms with Gasteiger partial charge in [-0.25, -0.2) is 0 Å². The third-order valence-corrected chi connectivity index (χ3v) is 3.64. The Kier molecular flexibility index (Phi) is 7.06. The fraction of sp³-hybridized carbons (Fsp3) is 1.00. The van der Waals surface area contributed by atoms with Gasteiger partial charge in [-0.2, -0.15) is 0 Å². The molecule has 1 rings (SSSR count). The van der Waals surface area contributed by atoms with E-state index in [4.69, 9.17) is 4.74 Å². The monoisotopic (exact) mass is 228 g/mol. The summed E-state index contributed by atoms with van der Waals surface area (Å²) >= 11 is 0. The van der Waals surface area contributed by atoms with E-state index in [2.05, 4.69) is 13.8 Å². The van der Waals surface area contributed by atoms with E-state index < -0.39 is 0 Å². The van der Waals surface area contributed by atoms with E-state index >= 15 is 0 Å². The van der Waals surface area contributed by atoms with E-state index in [-0.39, 0.29) is 12.2 Å². The number of aliphatic hydroxyl groups excluding tert-OH is 1. The number of rotatable bonds is 7. The van der Waals surface area contributed by atoms with E-state index in [1.807, 2.05) is 0 Å². The Hall–Kier alpha value is -0.0800. The summed E-state index contributed by atoms with van der Waals surface area (Å²) in [4.78, 5) is 0. The Morgan fingerprint density at radius 1 is 1.12 bits per heavy atom. The second-order valence-electron chi connectivity index (χ2n) is 5.15. The van der Waals surface area contributed by atoms with Gasteiger partial charge in [0.15, 0.2) is 0 Å². The second kappa shape index (κ2) is 8.08. The van der Waals surface area contributed by atoms with Gasteiger partial charge in [-0.05, 0) is 31.6 Å². The third kappa shape index (κ3) is 4.84. The van der Waals surface area contributed by atoms with E-state index in [9.17, 15) is 5.11 Å². The SMILES string of the molecule is CCCCCOC1CC(CCC)CCC1O. The molecule has 0 bridgehead atoms. The van der Waals surface area contributed by atoms with Crippen molar-refractivity contribution in [2.75, 3.05) is 6.61 Å². The summed E-state index contributed by atoms with van der Waals surface area (Å²) in [6.07, 6.45) is 9.24. The van der Waals surface area contributed by atoms with Crippen molar-refractivity contribution in [3.05, 3.63) is 0 Å². The first-order valence-corrected chi connectivity index (χ1v) is 7.07. The molecule has 16 heavy (non-hydrogen) atoms. The largest absolute Gasteiger partial charge is 0.390 e. The molecule has 1 aliphatic carbocycles. The van der Waals surface area contributed by atoms with Crippen LogP contribution in [0.2, 0.25) is 0 Å². The minimum Gasteiger partial charge on any atom is -0.390 e. The summed E-state index contributed by atoms with van der Waals surface area (Å²) in [6, 6.07) is 0. The highest BCUT2D eigenvalue weighted by Gasteiger charge is 2.29. The highest BCUT2D eigenvalue weighted by atomic mass is 16.5. The average molecular weight is 228 g/mol. The van der Waals surface area contributed by atoms with Crippen molar-refractivity contribution in [3.63, 3.8) is 0 Å². The zero-order chi connectivity index (χ0) is 11.8. The third-order valence-electron chi connectivity index (χ3n) is 3.64. The fourth-order valence-electron chi connectivity index (χ4n) is 2.63. The van der Waals surface area contributed by atoms with Crippen LogP contribution >= 0.6 is 0 Å². The van der Waals surface area contributed by atoms with Gasteiger partial charge in [0.25, 0.3) is 0 Å². The van der Waals surface area contributed by atoms with Crippen molar-refractivity contribution >= 4 is 0 Å². The van der Waals surface area contributed by atoms with Crippen LogP contribution in [-0.2, 0) is 4.74 Å². The van der Waals surface area contributed by atoms with Crippen LogP contribution in [0.1, 0.15) is 65.2 Å². The smallest absolute Gasteiger partial charge is 0.0836 e. The van der Waals surface area contributed by atoms with Gasteiger partial charge in [0.1, 0.15) is 0 Å². The lowest BCUT2D eigenvalue weighted by Gasteiger charge is -2.33. The molecule has 1 aliphatic rings. The van der Waals surface area contributed by atoms with Crippen LogP contribution in [0, 0.1) is 5.92 Å². The normalized spacial score (nSPS) is 30.6. The zero-order valence-electron chi connectivity index (χ0n) is 11.0. The van der Waals surface area contributed by atoms with Crippen LogP contribution in [-0.4, -0.2) is 23.9 Å². The molecule has 3 atom stereocenters. The van der Waals surface area contributed by atoms with Crippen LogP contribution in [0.25, 0.3) is 0 Å². The number of unbranched alkanes of at least 4 members (excludes halogenated alkanes) is 2. The van der Waals surface area contributed by atoms with Gasteiger partial charge < -0.3 is 9.84 Å². The molecule has 0 aliphatic heterocycles. The molecule has 3 unspecified atom stereocenters. The Balaban J connectivity index is 2.21. The van der Waals surface area contributed by atoms with Crippen molar-refractivity contribution in [2.24, 2.45) is 5.92 Å². The molecule has 1 saturated carbocycles. The molecule has 0 saturated heterocycles. The molecule has 0 radical (unpaired) electrons. The molecule has 0 heterocycles. The van der Waals surface area contributed by atoms with Crippen molar-refractivity contribution in [1.29, 1.82) is 0 Å².